The third-order valence-electron chi connectivity index (χ3n) is 2.14. The van der Waals surface area contributed by atoms with Gasteiger partial charge >= 0.3 is 0 Å². The molecule has 0 aromatic rings. The van der Waals surface area contributed by atoms with Gasteiger partial charge in [0.15, 0.2) is 5.79 Å². The Morgan fingerprint density at radius 1 is 1.08 bits per heavy atom. The van der Waals surface area contributed by atoms with Crippen molar-refractivity contribution >= 4 is 0 Å². The van der Waals surface area contributed by atoms with E-state index in [1.54, 1.807) is 6.92 Å². The summed E-state index contributed by atoms with van der Waals surface area (Å²) in [6.07, 6.45) is -0.664. The molecule has 78 valence electrons. The minimum Gasteiger partial charge on any atom is -0.396 e. The third-order valence-corrected chi connectivity index (χ3v) is 2.14. The van der Waals surface area contributed by atoms with Crippen molar-refractivity contribution in [3.05, 3.63) is 0 Å². The fourth-order valence-electron chi connectivity index (χ4n) is 1.45. The quantitative estimate of drug-likeness (QED) is 0.524. The van der Waals surface area contributed by atoms with Crippen LogP contribution in [0.2, 0.25) is 0 Å². The molecule has 0 aliphatic carbocycles. The van der Waals surface area contributed by atoms with Gasteiger partial charge in [-0.25, -0.2) is 0 Å². The van der Waals surface area contributed by atoms with Gasteiger partial charge in [0.05, 0.1) is 13.2 Å². The molecule has 0 saturated carbocycles. The topological polar surface area (TPSA) is 79.2 Å². The first-order chi connectivity index (χ1) is 6.15. The monoisotopic (exact) mass is 192 g/mol. The predicted octanol–water partition coefficient (Wildman–Crippen LogP) is -1.15. The molecule has 0 aromatic carbocycles. The minimum absolute atomic E-state index is 0.0488. The van der Waals surface area contributed by atoms with E-state index in [9.17, 15) is 0 Å². The van der Waals surface area contributed by atoms with Gasteiger partial charge in [0.1, 0.15) is 12.2 Å². The van der Waals surface area contributed by atoms with E-state index in [-0.39, 0.29) is 19.8 Å². The molecule has 1 aliphatic heterocycles. The molecule has 5 heteroatoms. The molecule has 1 aliphatic rings. The Labute approximate surface area is 76.9 Å². The summed E-state index contributed by atoms with van der Waals surface area (Å²) in [5.74, 6) is -0.879. The second-order valence-corrected chi connectivity index (χ2v) is 3.29. The fourth-order valence-corrected chi connectivity index (χ4v) is 1.45. The maximum Gasteiger partial charge on any atom is 0.168 e. The van der Waals surface area contributed by atoms with Crippen LogP contribution in [0.5, 0.6) is 0 Å². The molecule has 0 radical (unpaired) electrons. The van der Waals surface area contributed by atoms with Crippen LogP contribution in [0.4, 0.5) is 0 Å². The smallest absolute Gasteiger partial charge is 0.168 e. The molecular weight excluding hydrogens is 176 g/mol. The van der Waals surface area contributed by atoms with Crippen molar-refractivity contribution in [2.24, 2.45) is 0 Å². The van der Waals surface area contributed by atoms with Crippen molar-refractivity contribution < 1.29 is 24.8 Å². The van der Waals surface area contributed by atoms with Crippen molar-refractivity contribution in [2.45, 2.75) is 31.3 Å². The molecule has 13 heavy (non-hydrogen) atoms. The van der Waals surface area contributed by atoms with Crippen LogP contribution in [0.25, 0.3) is 0 Å². The zero-order valence-electron chi connectivity index (χ0n) is 7.64. The molecular formula is C8H16O5. The van der Waals surface area contributed by atoms with E-state index in [0.29, 0.717) is 6.42 Å². The van der Waals surface area contributed by atoms with Gasteiger partial charge in [-0.3, -0.25) is 0 Å². The number of hydrogen-bond acceptors (Lipinski definition) is 5. The van der Waals surface area contributed by atoms with Crippen molar-refractivity contribution in [1.82, 2.24) is 0 Å². The largest absolute Gasteiger partial charge is 0.396 e. The molecule has 2 atom stereocenters. The maximum atomic E-state index is 8.89. The van der Waals surface area contributed by atoms with Crippen molar-refractivity contribution in [3.63, 3.8) is 0 Å². The van der Waals surface area contributed by atoms with Crippen LogP contribution in [-0.2, 0) is 9.47 Å². The van der Waals surface area contributed by atoms with E-state index in [0.717, 1.165) is 0 Å². The Kier molecular flexibility index (Phi) is 3.63. The van der Waals surface area contributed by atoms with Gasteiger partial charge in [-0.1, -0.05) is 0 Å². The van der Waals surface area contributed by atoms with Gasteiger partial charge in [0.25, 0.3) is 0 Å². The van der Waals surface area contributed by atoms with Crippen LogP contribution in [0, 0.1) is 0 Å². The Morgan fingerprint density at radius 2 is 1.54 bits per heavy atom. The summed E-state index contributed by atoms with van der Waals surface area (Å²) in [5, 5.41) is 26.5. The minimum atomic E-state index is -0.879. The van der Waals surface area contributed by atoms with Crippen LogP contribution in [0.1, 0.15) is 13.3 Å². The SMILES string of the molecule is CC1(CCO)O[C@H](CO)[C@@H](CO)O1. The summed E-state index contributed by atoms with van der Waals surface area (Å²) >= 11 is 0. The van der Waals surface area contributed by atoms with Gasteiger partial charge in [-0.05, 0) is 6.92 Å². The van der Waals surface area contributed by atoms with Crippen molar-refractivity contribution in [2.75, 3.05) is 19.8 Å². The highest BCUT2D eigenvalue weighted by molar-refractivity contribution is 4.82. The highest BCUT2D eigenvalue weighted by atomic mass is 16.8. The van der Waals surface area contributed by atoms with Crippen molar-refractivity contribution in [1.29, 1.82) is 0 Å². The molecule has 0 amide bonds. The molecule has 1 rings (SSSR count). The molecule has 1 saturated heterocycles. The highest BCUT2D eigenvalue weighted by Gasteiger charge is 2.43. The Hall–Kier alpha value is -0.200. The molecule has 1 fully saturated rings. The number of hydrogen-bond donors (Lipinski definition) is 3. The second kappa shape index (κ2) is 4.34. The number of aliphatic hydroxyl groups is 3. The zero-order chi connectivity index (χ0) is 9.90. The zero-order valence-corrected chi connectivity index (χ0v) is 7.64. The van der Waals surface area contributed by atoms with Gasteiger partial charge in [0, 0.05) is 13.0 Å². The van der Waals surface area contributed by atoms with Crippen LogP contribution in [0.3, 0.4) is 0 Å². The van der Waals surface area contributed by atoms with Crippen LogP contribution in [-0.4, -0.2) is 53.1 Å². The van der Waals surface area contributed by atoms with Crippen LogP contribution < -0.4 is 0 Å². The second-order valence-electron chi connectivity index (χ2n) is 3.29. The first-order valence-electron chi connectivity index (χ1n) is 4.33. The highest BCUT2D eigenvalue weighted by Crippen LogP contribution is 2.30. The van der Waals surface area contributed by atoms with Gasteiger partial charge in [-0.2, -0.15) is 0 Å². The van der Waals surface area contributed by atoms with Crippen LogP contribution in [0.15, 0.2) is 0 Å². The third kappa shape index (κ3) is 2.38. The number of aliphatic hydroxyl groups excluding tert-OH is 3. The molecule has 0 aromatic heterocycles. The summed E-state index contributed by atoms with van der Waals surface area (Å²) in [4.78, 5) is 0. The lowest BCUT2D eigenvalue weighted by atomic mass is 10.2. The fraction of sp³-hybridized carbons (Fsp3) is 1.00. The normalized spacial score (nSPS) is 32.3. The molecule has 0 bridgehead atoms. The predicted molar refractivity (Wildman–Crippen MR) is 44.0 cm³/mol. The maximum absolute atomic E-state index is 8.89. The van der Waals surface area contributed by atoms with Gasteiger partial charge in [-0.15, -0.1) is 0 Å². The lowest BCUT2D eigenvalue weighted by Crippen LogP contribution is -2.29. The molecule has 5 nitrogen and oxygen atoms in total. The molecule has 1 heterocycles. The lowest BCUT2D eigenvalue weighted by Gasteiger charge is -2.21. The summed E-state index contributed by atoms with van der Waals surface area (Å²) < 4.78 is 10.7. The molecule has 0 spiro atoms. The van der Waals surface area contributed by atoms with Gasteiger partial charge in [0.2, 0.25) is 0 Å². The average Bonchev–Trinajstić information content (AvgIpc) is 2.43. The van der Waals surface area contributed by atoms with E-state index in [2.05, 4.69) is 0 Å². The summed E-state index contributed by atoms with van der Waals surface area (Å²) in [5.41, 5.74) is 0. The number of ether oxygens (including phenoxy) is 2. The van der Waals surface area contributed by atoms with Gasteiger partial charge < -0.3 is 24.8 Å². The lowest BCUT2D eigenvalue weighted by molar-refractivity contribution is -0.175. The Bertz CT molecular complexity index is 149. The summed E-state index contributed by atoms with van der Waals surface area (Å²) in [6.45, 7) is 1.26. The average molecular weight is 192 g/mol. The first-order valence-corrected chi connectivity index (χ1v) is 4.33. The van der Waals surface area contributed by atoms with E-state index in [1.165, 1.54) is 0 Å². The standard InChI is InChI=1S/C8H16O5/c1-8(2-3-9)12-6(4-10)7(5-11)13-8/h6-7,9-11H,2-5H2,1H3/t6-,7-/m1/s1. The number of rotatable bonds is 4. The Morgan fingerprint density at radius 3 is 1.85 bits per heavy atom. The van der Waals surface area contributed by atoms with E-state index >= 15 is 0 Å². The van der Waals surface area contributed by atoms with E-state index in [1.807, 2.05) is 0 Å². The summed E-state index contributed by atoms with van der Waals surface area (Å²) in [7, 11) is 0. The summed E-state index contributed by atoms with van der Waals surface area (Å²) in [6, 6.07) is 0. The molecule has 0 unspecified atom stereocenters. The first kappa shape index (κ1) is 10.9. The van der Waals surface area contributed by atoms with Crippen LogP contribution >= 0.6 is 0 Å². The van der Waals surface area contributed by atoms with E-state index < -0.39 is 18.0 Å². The van der Waals surface area contributed by atoms with E-state index in [4.69, 9.17) is 24.8 Å². The van der Waals surface area contributed by atoms with Crippen molar-refractivity contribution in [3.8, 4) is 0 Å². The molecule has 3 N–H and O–H groups in total. The Balaban J connectivity index is 2.55.